The van der Waals surface area contributed by atoms with E-state index in [4.69, 9.17) is 4.74 Å². The van der Waals surface area contributed by atoms with Crippen LogP contribution in [-0.4, -0.2) is 18.8 Å². The second-order valence-corrected chi connectivity index (χ2v) is 4.13. The van der Waals surface area contributed by atoms with Crippen molar-refractivity contribution >= 4 is 5.69 Å². The van der Waals surface area contributed by atoms with E-state index in [2.05, 4.69) is 43.4 Å². The maximum absolute atomic E-state index is 5.55. The predicted molar refractivity (Wildman–Crippen MR) is 63.3 cm³/mol. The van der Waals surface area contributed by atoms with Crippen LogP contribution in [0.4, 0.5) is 5.69 Å². The van der Waals surface area contributed by atoms with Gasteiger partial charge in [0.15, 0.2) is 0 Å². The second kappa shape index (κ2) is 4.67. The number of anilines is 1. The van der Waals surface area contributed by atoms with Crippen LogP contribution >= 0.6 is 0 Å². The van der Waals surface area contributed by atoms with Crippen molar-refractivity contribution in [3.05, 3.63) is 29.8 Å². The minimum atomic E-state index is 0.329. The van der Waals surface area contributed by atoms with Crippen molar-refractivity contribution in [1.82, 2.24) is 0 Å². The van der Waals surface area contributed by atoms with Crippen LogP contribution in [0.5, 0.6) is 0 Å². The fourth-order valence-electron chi connectivity index (χ4n) is 2.09. The van der Waals surface area contributed by atoms with Gasteiger partial charge in [0, 0.05) is 12.3 Å². The van der Waals surface area contributed by atoms with E-state index in [-0.39, 0.29) is 0 Å². The molecule has 82 valence electrons. The van der Waals surface area contributed by atoms with Gasteiger partial charge >= 0.3 is 0 Å². The van der Waals surface area contributed by atoms with Crippen LogP contribution in [0.25, 0.3) is 0 Å². The van der Waals surface area contributed by atoms with E-state index in [1.807, 2.05) is 0 Å². The molecule has 1 aliphatic heterocycles. The summed E-state index contributed by atoms with van der Waals surface area (Å²) < 4.78 is 5.55. The highest BCUT2D eigenvalue weighted by molar-refractivity contribution is 5.52. The molecule has 1 fully saturated rings. The Bertz CT molecular complexity index is 324. The van der Waals surface area contributed by atoms with E-state index in [9.17, 15) is 0 Å². The molecule has 2 rings (SSSR count). The molecule has 0 amide bonds. The van der Waals surface area contributed by atoms with E-state index < -0.39 is 0 Å². The molecule has 1 aromatic rings. The van der Waals surface area contributed by atoms with Gasteiger partial charge in [-0.25, -0.2) is 0 Å². The third-order valence-corrected chi connectivity index (χ3v) is 3.12. The monoisotopic (exact) mass is 205 g/mol. The quantitative estimate of drug-likeness (QED) is 0.819. The summed E-state index contributed by atoms with van der Waals surface area (Å²) in [5, 5.41) is 3.59. The van der Waals surface area contributed by atoms with Gasteiger partial charge in [-0.2, -0.15) is 0 Å². The number of para-hydroxylation sites is 1. The summed E-state index contributed by atoms with van der Waals surface area (Å²) in [5.41, 5.74) is 2.65. The largest absolute Gasteiger partial charge is 0.379 e. The molecule has 2 heteroatoms. The first-order valence-electron chi connectivity index (χ1n) is 5.77. The first-order chi connectivity index (χ1) is 7.31. The molecule has 2 atom stereocenters. The average Bonchev–Trinajstić information content (AvgIpc) is 2.65. The number of benzene rings is 1. The van der Waals surface area contributed by atoms with Crippen molar-refractivity contribution in [2.45, 2.75) is 38.8 Å². The molecule has 1 heterocycles. The number of ether oxygens (including phenoxy) is 1. The Kier molecular flexibility index (Phi) is 3.27. The molecule has 0 bridgehead atoms. The first-order valence-corrected chi connectivity index (χ1v) is 5.77. The van der Waals surface area contributed by atoms with Crippen molar-refractivity contribution in [1.29, 1.82) is 0 Å². The molecule has 1 N–H and O–H groups in total. The van der Waals surface area contributed by atoms with Crippen LogP contribution in [0, 0.1) is 0 Å². The zero-order chi connectivity index (χ0) is 10.7. The van der Waals surface area contributed by atoms with Crippen molar-refractivity contribution in [2.24, 2.45) is 0 Å². The number of hydrogen-bond acceptors (Lipinski definition) is 2. The molecule has 0 aliphatic carbocycles. The van der Waals surface area contributed by atoms with Crippen LogP contribution < -0.4 is 5.32 Å². The maximum atomic E-state index is 5.55. The van der Waals surface area contributed by atoms with E-state index in [1.54, 1.807) is 0 Å². The molecule has 2 unspecified atom stereocenters. The van der Waals surface area contributed by atoms with Gasteiger partial charge < -0.3 is 10.1 Å². The summed E-state index contributed by atoms with van der Waals surface area (Å²) in [6.45, 7) is 5.21. The van der Waals surface area contributed by atoms with Crippen molar-refractivity contribution in [3.8, 4) is 0 Å². The Morgan fingerprint density at radius 1 is 1.40 bits per heavy atom. The van der Waals surface area contributed by atoms with Crippen molar-refractivity contribution in [2.75, 3.05) is 11.9 Å². The highest BCUT2D eigenvalue weighted by Gasteiger charge is 2.24. The highest BCUT2D eigenvalue weighted by atomic mass is 16.5. The van der Waals surface area contributed by atoms with Gasteiger partial charge in [0.05, 0.1) is 12.1 Å². The van der Waals surface area contributed by atoms with Gasteiger partial charge in [-0.3, -0.25) is 0 Å². The number of rotatable bonds is 3. The van der Waals surface area contributed by atoms with Gasteiger partial charge in [-0.15, -0.1) is 0 Å². The standard InChI is InChI=1S/C13H19NO/c1-3-11-6-4-5-7-13(11)14-12-8-9-15-10(12)2/h4-7,10,12,14H,3,8-9H2,1-2H3. The smallest absolute Gasteiger partial charge is 0.0748 e. The molecule has 0 radical (unpaired) electrons. The van der Waals surface area contributed by atoms with E-state index >= 15 is 0 Å². The number of nitrogens with one attached hydrogen (secondary N) is 1. The molecule has 1 aromatic carbocycles. The van der Waals surface area contributed by atoms with E-state index in [0.29, 0.717) is 12.1 Å². The molecule has 0 saturated carbocycles. The molecule has 2 nitrogen and oxygen atoms in total. The Morgan fingerprint density at radius 3 is 2.87 bits per heavy atom. The summed E-state index contributed by atoms with van der Waals surface area (Å²) >= 11 is 0. The lowest BCUT2D eigenvalue weighted by Crippen LogP contribution is -2.27. The summed E-state index contributed by atoms with van der Waals surface area (Å²) in [6, 6.07) is 8.99. The van der Waals surface area contributed by atoms with Crippen molar-refractivity contribution in [3.63, 3.8) is 0 Å². The lowest BCUT2D eigenvalue weighted by Gasteiger charge is -2.19. The molecular formula is C13H19NO. The Morgan fingerprint density at radius 2 is 2.20 bits per heavy atom. The Labute approximate surface area is 91.6 Å². The van der Waals surface area contributed by atoms with Crippen LogP contribution in [0.3, 0.4) is 0 Å². The molecule has 0 spiro atoms. The summed E-state index contributed by atoms with van der Waals surface area (Å²) in [6.07, 6.45) is 2.51. The minimum absolute atomic E-state index is 0.329. The van der Waals surface area contributed by atoms with Gasteiger partial charge in [0.1, 0.15) is 0 Å². The third kappa shape index (κ3) is 2.32. The zero-order valence-electron chi connectivity index (χ0n) is 9.49. The highest BCUT2D eigenvalue weighted by Crippen LogP contribution is 2.22. The normalized spacial score (nSPS) is 25.5. The molecular weight excluding hydrogens is 186 g/mol. The summed E-state index contributed by atoms with van der Waals surface area (Å²) in [4.78, 5) is 0. The average molecular weight is 205 g/mol. The fraction of sp³-hybridized carbons (Fsp3) is 0.538. The summed E-state index contributed by atoms with van der Waals surface area (Å²) in [5.74, 6) is 0. The lowest BCUT2D eigenvalue weighted by molar-refractivity contribution is 0.121. The zero-order valence-corrected chi connectivity index (χ0v) is 9.49. The van der Waals surface area contributed by atoms with Crippen LogP contribution in [-0.2, 0) is 11.2 Å². The van der Waals surface area contributed by atoms with Crippen molar-refractivity contribution < 1.29 is 4.74 Å². The first kappa shape index (κ1) is 10.5. The second-order valence-electron chi connectivity index (χ2n) is 4.13. The molecule has 15 heavy (non-hydrogen) atoms. The Hall–Kier alpha value is -1.02. The fourth-order valence-corrected chi connectivity index (χ4v) is 2.09. The van der Waals surface area contributed by atoms with Crippen LogP contribution in [0.2, 0.25) is 0 Å². The summed E-state index contributed by atoms with van der Waals surface area (Å²) in [7, 11) is 0. The van der Waals surface area contributed by atoms with Crippen LogP contribution in [0.15, 0.2) is 24.3 Å². The lowest BCUT2D eigenvalue weighted by atomic mass is 10.1. The van der Waals surface area contributed by atoms with E-state index in [0.717, 1.165) is 19.4 Å². The minimum Gasteiger partial charge on any atom is -0.379 e. The predicted octanol–water partition coefficient (Wildman–Crippen LogP) is 2.84. The van der Waals surface area contributed by atoms with Gasteiger partial charge in [-0.1, -0.05) is 25.1 Å². The van der Waals surface area contributed by atoms with Gasteiger partial charge in [0.2, 0.25) is 0 Å². The van der Waals surface area contributed by atoms with E-state index in [1.165, 1.54) is 11.3 Å². The number of hydrogen-bond donors (Lipinski definition) is 1. The van der Waals surface area contributed by atoms with Gasteiger partial charge in [0.25, 0.3) is 0 Å². The molecule has 1 aliphatic rings. The number of aryl methyl sites for hydroxylation is 1. The van der Waals surface area contributed by atoms with Gasteiger partial charge in [-0.05, 0) is 31.4 Å². The Balaban J connectivity index is 2.09. The topological polar surface area (TPSA) is 21.3 Å². The molecule has 0 aromatic heterocycles. The third-order valence-electron chi connectivity index (χ3n) is 3.12. The SMILES string of the molecule is CCc1ccccc1NC1CCOC1C. The molecule has 1 saturated heterocycles. The van der Waals surface area contributed by atoms with Crippen LogP contribution in [0.1, 0.15) is 25.8 Å². The maximum Gasteiger partial charge on any atom is 0.0748 e.